The van der Waals surface area contributed by atoms with Crippen molar-refractivity contribution in [1.82, 2.24) is 9.27 Å². The van der Waals surface area contributed by atoms with E-state index in [4.69, 9.17) is 9.11 Å². The highest BCUT2D eigenvalue weighted by molar-refractivity contribution is 7.13. The van der Waals surface area contributed by atoms with Crippen molar-refractivity contribution in [3.63, 3.8) is 0 Å². The van der Waals surface area contributed by atoms with Crippen molar-refractivity contribution >= 4 is 45.2 Å². The fraction of sp³-hybridized carbons (Fsp3) is 0.732. The van der Waals surface area contributed by atoms with E-state index in [0.29, 0.717) is 19.7 Å². The van der Waals surface area contributed by atoms with Gasteiger partial charge in [0.15, 0.2) is 5.82 Å². The highest BCUT2D eigenvalue weighted by Crippen LogP contribution is 2.38. The van der Waals surface area contributed by atoms with E-state index in [0.717, 1.165) is 94.4 Å². The zero-order valence-electron chi connectivity index (χ0n) is 31.4. The van der Waals surface area contributed by atoms with Crippen LogP contribution in [0.5, 0.6) is 0 Å². The third-order valence-corrected chi connectivity index (χ3v) is 12.3. The van der Waals surface area contributed by atoms with Crippen molar-refractivity contribution in [1.29, 1.82) is 0 Å². The molecule has 2 saturated heterocycles. The average molecular weight is 711 g/mol. The van der Waals surface area contributed by atoms with E-state index in [9.17, 15) is 14.4 Å². The number of esters is 1. The van der Waals surface area contributed by atoms with E-state index >= 15 is 0 Å². The van der Waals surface area contributed by atoms with Crippen LogP contribution >= 0.6 is 11.5 Å². The van der Waals surface area contributed by atoms with Gasteiger partial charge in [0.05, 0.1) is 49.3 Å². The molecule has 0 radical (unpaired) electrons. The minimum atomic E-state index is -0.0798. The lowest BCUT2D eigenvalue weighted by atomic mass is 9.81. The predicted molar refractivity (Wildman–Crippen MR) is 206 cm³/mol. The maximum absolute atomic E-state index is 13.0. The summed E-state index contributed by atoms with van der Waals surface area (Å²) in [6.07, 6.45) is 22.8. The average Bonchev–Trinajstić information content (AvgIpc) is 3.66. The number of fused-ring (bicyclic) bond motifs is 2. The Morgan fingerprint density at radius 1 is 0.820 bits per heavy atom. The molecule has 3 heterocycles. The Hall–Kier alpha value is -2.52. The summed E-state index contributed by atoms with van der Waals surface area (Å²) in [6.45, 7) is 7.53. The minimum absolute atomic E-state index is 0. The Kier molecular flexibility index (Phi) is 17.0. The van der Waals surface area contributed by atoms with Crippen LogP contribution in [0.2, 0.25) is 0 Å². The third-order valence-electron chi connectivity index (χ3n) is 11.5. The molecule has 1 aliphatic carbocycles. The van der Waals surface area contributed by atoms with Gasteiger partial charge in [0.25, 0.3) is 0 Å². The number of rotatable bonds is 22. The fourth-order valence-electron chi connectivity index (χ4n) is 8.36. The van der Waals surface area contributed by atoms with Crippen LogP contribution in [0.4, 0.5) is 5.82 Å². The molecule has 2 atom stereocenters. The molecule has 2 aromatic rings. The van der Waals surface area contributed by atoms with Gasteiger partial charge in [-0.25, -0.2) is 0 Å². The predicted octanol–water partition coefficient (Wildman–Crippen LogP) is 9.32. The van der Waals surface area contributed by atoms with Gasteiger partial charge in [-0.15, -0.1) is 0 Å². The lowest BCUT2D eigenvalue weighted by molar-refractivity contribution is -0.944. The maximum atomic E-state index is 13.0. The van der Waals surface area contributed by atoms with Gasteiger partial charge in [-0.05, 0) is 55.8 Å². The van der Waals surface area contributed by atoms with Gasteiger partial charge in [0.1, 0.15) is 0 Å². The number of quaternary nitrogens is 1. The Balaban J connectivity index is 0.00000562. The van der Waals surface area contributed by atoms with Gasteiger partial charge in [0.2, 0.25) is 18.5 Å². The smallest absolute Gasteiger partial charge is 0.310 e. The Morgan fingerprint density at radius 3 is 2.02 bits per heavy atom. The second-order valence-corrected chi connectivity index (χ2v) is 16.0. The normalized spacial score (nSPS) is 20.3. The molecular weight excluding hydrogens is 645 g/mol. The third kappa shape index (κ3) is 11.2. The lowest BCUT2D eigenvalue weighted by Gasteiger charge is -2.44. The number of unbranched alkanes of at least 4 members (excludes halogenated alkanes) is 13. The minimum Gasteiger partial charge on any atom is -0.415 e. The summed E-state index contributed by atoms with van der Waals surface area (Å²) in [6, 6.07) is 8.42. The summed E-state index contributed by atoms with van der Waals surface area (Å²) in [5.41, 5.74) is 0. The number of piperazine rings is 1. The van der Waals surface area contributed by atoms with Gasteiger partial charge in [-0.3, -0.25) is 23.8 Å². The standard InChI is InChI=1S/C40H63N4O4S.CH3/c1-2-3-4-5-6-7-8-9-10-11-12-13-14-25-37(45)48-32-44(29-20-19-26-43-39(46)33-21-15-16-22-34(33)40(43)47)30-27-42(28-31-44)38-35-23-17-18-24-36(35)49-41-38;/h17-18,23-24,33-34H,2-16,19-22,25-32H2,1H3;1H3/q+1;-1. The molecule has 2 unspecified atom stereocenters. The Morgan fingerprint density at radius 2 is 1.40 bits per heavy atom. The summed E-state index contributed by atoms with van der Waals surface area (Å²) in [4.78, 5) is 42.8. The fourth-order valence-corrected chi connectivity index (χ4v) is 9.15. The highest BCUT2D eigenvalue weighted by atomic mass is 32.1. The van der Waals surface area contributed by atoms with Crippen molar-refractivity contribution < 1.29 is 23.6 Å². The highest BCUT2D eigenvalue weighted by Gasteiger charge is 2.47. The summed E-state index contributed by atoms with van der Waals surface area (Å²) < 4.78 is 12.7. The molecule has 3 fully saturated rings. The molecule has 0 N–H and O–H groups in total. The molecule has 280 valence electrons. The van der Waals surface area contributed by atoms with E-state index in [1.54, 1.807) is 16.4 Å². The Bertz CT molecular complexity index is 1300. The number of carbonyl (C=O) groups excluding carboxylic acids is 3. The van der Waals surface area contributed by atoms with Crippen LogP contribution in [0.3, 0.4) is 0 Å². The van der Waals surface area contributed by atoms with Crippen LogP contribution in [0.15, 0.2) is 24.3 Å². The molecule has 8 nitrogen and oxygen atoms in total. The van der Waals surface area contributed by atoms with E-state index in [-0.39, 0.29) is 37.0 Å². The number of carbonyl (C=O) groups is 3. The molecular formula is C41H66N4O4S. The largest absolute Gasteiger partial charge is 0.415 e. The van der Waals surface area contributed by atoms with Crippen molar-refractivity contribution in [3.05, 3.63) is 31.7 Å². The molecule has 5 rings (SSSR count). The van der Waals surface area contributed by atoms with Gasteiger partial charge < -0.3 is 17.1 Å². The van der Waals surface area contributed by atoms with E-state index in [2.05, 4.69) is 36.1 Å². The first-order valence-electron chi connectivity index (χ1n) is 20.0. The lowest BCUT2D eigenvalue weighted by Crippen LogP contribution is -2.61. The zero-order valence-corrected chi connectivity index (χ0v) is 32.2. The van der Waals surface area contributed by atoms with Crippen molar-refractivity contribution in [2.45, 2.75) is 135 Å². The summed E-state index contributed by atoms with van der Waals surface area (Å²) in [7, 11) is 0. The molecule has 50 heavy (non-hydrogen) atoms. The number of likely N-dealkylation sites (tertiary alicyclic amines) is 1. The molecule has 2 aliphatic heterocycles. The van der Waals surface area contributed by atoms with Gasteiger partial charge in [-0.1, -0.05) is 109 Å². The molecule has 1 saturated carbocycles. The summed E-state index contributed by atoms with van der Waals surface area (Å²) in [5.74, 6) is 0.942. The molecule has 0 spiro atoms. The number of aromatic nitrogens is 1. The summed E-state index contributed by atoms with van der Waals surface area (Å²) in [5, 5.41) is 1.21. The first-order chi connectivity index (χ1) is 24.0. The first-order valence-corrected chi connectivity index (χ1v) is 20.7. The number of hydrogen-bond donors (Lipinski definition) is 0. The number of imide groups is 1. The monoisotopic (exact) mass is 710 g/mol. The van der Waals surface area contributed by atoms with Crippen LogP contribution in [0.25, 0.3) is 10.1 Å². The van der Waals surface area contributed by atoms with Crippen LogP contribution < -0.4 is 4.90 Å². The molecule has 3 aliphatic rings. The number of anilines is 1. The van der Waals surface area contributed by atoms with Crippen LogP contribution in [-0.2, 0) is 19.1 Å². The van der Waals surface area contributed by atoms with Crippen molar-refractivity contribution in [2.24, 2.45) is 11.8 Å². The molecule has 0 bridgehead atoms. The molecule has 1 aromatic heterocycles. The van der Waals surface area contributed by atoms with E-state index < -0.39 is 0 Å². The number of nitrogens with zero attached hydrogens (tertiary/aromatic N) is 4. The quantitative estimate of drug-likeness (QED) is 0.0399. The van der Waals surface area contributed by atoms with Gasteiger partial charge in [-0.2, -0.15) is 4.37 Å². The van der Waals surface area contributed by atoms with Crippen molar-refractivity contribution in [2.75, 3.05) is 50.9 Å². The van der Waals surface area contributed by atoms with E-state index in [1.165, 1.54) is 80.7 Å². The van der Waals surface area contributed by atoms with E-state index in [1.807, 2.05) is 0 Å². The van der Waals surface area contributed by atoms with Crippen LogP contribution in [0.1, 0.15) is 135 Å². The second-order valence-electron chi connectivity index (χ2n) is 15.2. The van der Waals surface area contributed by atoms with Crippen LogP contribution in [-0.4, -0.2) is 77.5 Å². The number of amides is 2. The number of hydrogen-bond acceptors (Lipinski definition) is 7. The topological polar surface area (TPSA) is 79.8 Å². The van der Waals surface area contributed by atoms with Crippen LogP contribution in [0, 0.1) is 19.3 Å². The summed E-state index contributed by atoms with van der Waals surface area (Å²) >= 11 is 1.55. The zero-order chi connectivity index (χ0) is 34.3. The van der Waals surface area contributed by atoms with Crippen molar-refractivity contribution in [3.8, 4) is 0 Å². The molecule has 9 heteroatoms. The number of ether oxygens (including phenoxy) is 1. The SMILES string of the molecule is CCCCCCCCCCCCCCCC(=O)OC[N+]1(CCCCN2C(=O)C3CCCCC3C2=O)CCN(c2nsc3ccccc23)CC1.[CH3-]. The molecule has 1 aromatic carbocycles. The van der Waals surface area contributed by atoms with Gasteiger partial charge in [0, 0.05) is 18.4 Å². The number of benzene rings is 1. The van der Waals surface area contributed by atoms with Gasteiger partial charge >= 0.3 is 5.97 Å². The second kappa shape index (κ2) is 21.1. The Labute approximate surface area is 307 Å². The molecule has 2 amide bonds. The maximum Gasteiger partial charge on any atom is 0.310 e. The first kappa shape index (κ1) is 40.3.